The van der Waals surface area contributed by atoms with E-state index in [0.29, 0.717) is 17.0 Å². The van der Waals surface area contributed by atoms with E-state index >= 15 is 0 Å². The fourth-order valence-electron chi connectivity index (χ4n) is 3.83. The minimum atomic E-state index is -2.34. The average Bonchev–Trinajstić information content (AvgIpc) is 2.86. The lowest BCUT2D eigenvalue weighted by molar-refractivity contribution is -0.357. The Bertz CT molecular complexity index is 1190. The van der Waals surface area contributed by atoms with Gasteiger partial charge in [0.2, 0.25) is 5.79 Å². The summed E-state index contributed by atoms with van der Waals surface area (Å²) in [5, 5.41) is 51.5. The van der Waals surface area contributed by atoms with Gasteiger partial charge < -0.3 is 30.3 Å². The van der Waals surface area contributed by atoms with Gasteiger partial charge in [-0.05, 0) is 53.9 Å². The molecule has 5 atom stereocenters. The van der Waals surface area contributed by atoms with Crippen LogP contribution in [-0.4, -0.2) is 61.5 Å². The van der Waals surface area contributed by atoms with Crippen molar-refractivity contribution >= 4 is 11.6 Å². The van der Waals surface area contributed by atoms with Gasteiger partial charge in [0.25, 0.3) is 0 Å². The van der Waals surface area contributed by atoms with Gasteiger partial charge >= 0.3 is 0 Å². The summed E-state index contributed by atoms with van der Waals surface area (Å²) in [5.74, 6) is 3.84. The monoisotopic (exact) mass is 481 g/mol. The van der Waals surface area contributed by atoms with E-state index in [1.807, 2.05) is 36.4 Å². The van der Waals surface area contributed by atoms with Crippen LogP contribution >= 0.6 is 11.6 Å². The Morgan fingerprint density at radius 3 is 2.21 bits per heavy atom. The summed E-state index contributed by atoms with van der Waals surface area (Å²) in [4.78, 5) is 3.97. The van der Waals surface area contributed by atoms with Crippen molar-refractivity contribution in [3.8, 4) is 11.8 Å². The smallest absolute Gasteiger partial charge is 0.222 e. The van der Waals surface area contributed by atoms with Crippen molar-refractivity contribution in [2.45, 2.75) is 36.6 Å². The number of aliphatic hydroxyl groups excluding tert-OH is 4. The number of aliphatic hydroxyl groups is 5. The standard InChI is InChI=1S/C26H24ClNO6/c27-21-8-7-20(26(33)25(32)24(31)23(30)22(15-29)34-26)14-19(21)13-18-5-3-16(4-6-18)1-2-17-9-11-28-12-10-17/h3-12,14,22-25,29-33H,13,15H2/t22-,23-,24+,25-,26+/m1/s1. The van der Waals surface area contributed by atoms with Crippen LogP contribution in [0.2, 0.25) is 5.02 Å². The molecule has 176 valence electrons. The van der Waals surface area contributed by atoms with Crippen molar-refractivity contribution in [2.75, 3.05) is 6.61 Å². The number of hydrogen-bond acceptors (Lipinski definition) is 7. The molecule has 0 radical (unpaired) electrons. The van der Waals surface area contributed by atoms with Crippen LogP contribution in [0.15, 0.2) is 67.0 Å². The number of hydrogen-bond donors (Lipinski definition) is 5. The maximum atomic E-state index is 11.1. The fourth-order valence-corrected chi connectivity index (χ4v) is 4.02. The highest BCUT2D eigenvalue weighted by molar-refractivity contribution is 6.31. The van der Waals surface area contributed by atoms with E-state index in [1.54, 1.807) is 24.5 Å². The van der Waals surface area contributed by atoms with Crippen LogP contribution in [0.5, 0.6) is 0 Å². The third kappa shape index (κ3) is 4.99. The Morgan fingerprint density at radius 1 is 0.912 bits per heavy atom. The van der Waals surface area contributed by atoms with Gasteiger partial charge in [-0.2, -0.15) is 0 Å². The van der Waals surface area contributed by atoms with Crippen LogP contribution in [0.3, 0.4) is 0 Å². The molecule has 34 heavy (non-hydrogen) atoms. The van der Waals surface area contributed by atoms with Gasteiger partial charge in [0.1, 0.15) is 24.4 Å². The van der Waals surface area contributed by atoms with Crippen LogP contribution in [-0.2, 0) is 16.9 Å². The molecule has 1 saturated heterocycles. The molecule has 2 heterocycles. The highest BCUT2D eigenvalue weighted by atomic mass is 35.5. The molecule has 0 bridgehead atoms. The lowest BCUT2D eigenvalue weighted by Gasteiger charge is -2.45. The number of pyridine rings is 1. The molecule has 1 fully saturated rings. The second-order valence-corrected chi connectivity index (χ2v) is 8.53. The first-order valence-electron chi connectivity index (χ1n) is 10.7. The van der Waals surface area contributed by atoms with Crippen molar-refractivity contribution in [3.63, 3.8) is 0 Å². The van der Waals surface area contributed by atoms with Crippen LogP contribution in [0.4, 0.5) is 0 Å². The summed E-state index contributed by atoms with van der Waals surface area (Å²) in [6, 6.07) is 15.9. The number of nitrogens with zero attached hydrogens (tertiary/aromatic N) is 1. The first kappa shape index (κ1) is 24.3. The summed E-state index contributed by atoms with van der Waals surface area (Å²) in [6.45, 7) is -0.649. The molecule has 4 rings (SSSR count). The van der Waals surface area contributed by atoms with E-state index in [9.17, 15) is 25.5 Å². The SMILES string of the molecule is OC[C@H]1O[C@@](O)(c2ccc(Cl)c(Cc3ccc(C#Cc4ccncc4)cc3)c2)[C@H](O)[C@@H](O)[C@@H]1O. The van der Waals surface area contributed by atoms with Gasteiger partial charge in [-0.1, -0.05) is 41.6 Å². The third-order valence-corrected chi connectivity index (χ3v) is 6.17. The Kier molecular flexibility index (Phi) is 7.31. The normalized spacial score (nSPS) is 26.5. The van der Waals surface area contributed by atoms with Gasteiger partial charge in [-0.3, -0.25) is 4.98 Å². The van der Waals surface area contributed by atoms with Gasteiger partial charge in [0.15, 0.2) is 0 Å². The van der Waals surface area contributed by atoms with Crippen LogP contribution in [0.1, 0.15) is 27.8 Å². The first-order chi connectivity index (χ1) is 16.3. The summed E-state index contributed by atoms with van der Waals surface area (Å²) in [7, 11) is 0. The third-order valence-electron chi connectivity index (χ3n) is 5.81. The highest BCUT2D eigenvalue weighted by Crippen LogP contribution is 2.37. The largest absolute Gasteiger partial charge is 0.394 e. The van der Waals surface area contributed by atoms with E-state index in [0.717, 1.165) is 16.7 Å². The lowest BCUT2D eigenvalue weighted by atomic mass is 9.87. The zero-order chi connectivity index (χ0) is 24.3. The van der Waals surface area contributed by atoms with Crippen molar-refractivity contribution in [1.82, 2.24) is 4.98 Å². The Balaban J connectivity index is 1.55. The molecule has 8 heteroatoms. The second-order valence-electron chi connectivity index (χ2n) is 8.13. The topological polar surface area (TPSA) is 123 Å². The predicted molar refractivity (Wildman–Crippen MR) is 125 cm³/mol. The number of aromatic nitrogens is 1. The molecule has 1 aliphatic rings. The molecule has 2 aromatic carbocycles. The highest BCUT2D eigenvalue weighted by Gasteiger charge is 2.53. The molecule has 7 nitrogen and oxygen atoms in total. The van der Waals surface area contributed by atoms with E-state index in [1.165, 1.54) is 6.07 Å². The minimum Gasteiger partial charge on any atom is -0.394 e. The Morgan fingerprint density at radius 2 is 1.56 bits per heavy atom. The predicted octanol–water partition coefficient (Wildman–Crippen LogP) is 1.34. The van der Waals surface area contributed by atoms with Crippen molar-refractivity contribution in [2.24, 2.45) is 0 Å². The molecule has 1 aromatic heterocycles. The second kappa shape index (κ2) is 10.2. The van der Waals surface area contributed by atoms with E-state index in [2.05, 4.69) is 16.8 Å². The van der Waals surface area contributed by atoms with E-state index in [4.69, 9.17) is 16.3 Å². The molecule has 3 aromatic rings. The van der Waals surface area contributed by atoms with Gasteiger partial charge in [0.05, 0.1) is 6.61 Å². The summed E-state index contributed by atoms with van der Waals surface area (Å²) in [5.41, 5.74) is 3.45. The number of halogens is 1. The zero-order valence-corrected chi connectivity index (χ0v) is 18.8. The quantitative estimate of drug-likeness (QED) is 0.356. The minimum absolute atomic E-state index is 0.142. The number of ether oxygens (including phenoxy) is 1. The molecule has 5 N–H and O–H groups in total. The van der Waals surface area contributed by atoms with Crippen molar-refractivity contribution in [3.05, 3.63) is 99.8 Å². The first-order valence-corrected chi connectivity index (χ1v) is 11.0. The maximum Gasteiger partial charge on any atom is 0.222 e. The van der Waals surface area contributed by atoms with Gasteiger partial charge in [-0.15, -0.1) is 0 Å². The molecule has 0 amide bonds. The summed E-state index contributed by atoms with van der Waals surface area (Å²) in [6.07, 6.45) is -2.58. The average molecular weight is 482 g/mol. The molecule has 0 spiro atoms. The van der Waals surface area contributed by atoms with Crippen LogP contribution in [0.25, 0.3) is 0 Å². The molecule has 1 aliphatic heterocycles. The van der Waals surface area contributed by atoms with Crippen LogP contribution < -0.4 is 0 Å². The Hall–Kier alpha value is -2.80. The molecule has 0 aliphatic carbocycles. The van der Waals surface area contributed by atoms with Crippen LogP contribution in [0, 0.1) is 11.8 Å². The van der Waals surface area contributed by atoms with E-state index < -0.39 is 36.8 Å². The fraction of sp³-hybridized carbons (Fsp3) is 0.269. The van der Waals surface area contributed by atoms with Gasteiger partial charge in [-0.25, -0.2) is 0 Å². The molecule has 0 saturated carbocycles. The van der Waals surface area contributed by atoms with Crippen molar-refractivity contribution in [1.29, 1.82) is 0 Å². The van der Waals surface area contributed by atoms with Crippen molar-refractivity contribution < 1.29 is 30.3 Å². The number of rotatable bonds is 4. The summed E-state index contributed by atoms with van der Waals surface area (Å²) < 4.78 is 5.41. The lowest BCUT2D eigenvalue weighted by Crippen LogP contribution is -2.63. The zero-order valence-electron chi connectivity index (χ0n) is 18.0. The number of benzene rings is 2. The van der Waals surface area contributed by atoms with Gasteiger partial charge in [0, 0.05) is 34.1 Å². The molecule has 0 unspecified atom stereocenters. The molecular formula is C26H24ClNO6. The molecular weight excluding hydrogens is 458 g/mol. The van der Waals surface area contributed by atoms with E-state index in [-0.39, 0.29) is 5.56 Å². The maximum absolute atomic E-state index is 11.1. The Labute approximate surface area is 201 Å². The summed E-state index contributed by atoms with van der Waals surface area (Å²) >= 11 is 6.38.